The van der Waals surface area contributed by atoms with Gasteiger partial charge >= 0.3 is 0 Å². The third-order valence-corrected chi connectivity index (χ3v) is 3.57. The predicted molar refractivity (Wildman–Crippen MR) is 76.3 cm³/mol. The molecule has 0 amide bonds. The van der Waals surface area contributed by atoms with Crippen molar-refractivity contribution < 1.29 is 4.39 Å². The maximum atomic E-state index is 12.8. The van der Waals surface area contributed by atoms with Crippen LogP contribution in [-0.2, 0) is 6.42 Å². The Labute approximate surface area is 119 Å². The summed E-state index contributed by atoms with van der Waals surface area (Å²) in [6, 6.07) is 6.28. The van der Waals surface area contributed by atoms with Crippen LogP contribution in [0.25, 0.3) is 16.2 Å². The van der Waals surface area contributed by atoms with Gasteiger partial charge in [0.15, 0.2) is 0 Å². The summed E-state index contributed by atoms with van der Waals surface area (Å²) in [5.74, 6) is -0.247. The van der Waals surface area contributed by atoms with Crippen molar-refractivity contribution in [1.82, 2.24) is 14.6 Å². The molecular weight excluding hydrogens is 287 g/mol. The fourth-order valence-corrected chi connectivity index (χ4v) is 2.62. The molecule has 0 aliphatic rings. The number of benzene rings is 1. The molecule has 2 N–H and O–H groups in total. The lowest BCUT2D eigenvalue weighted by Crippen LogP contribution is -2.02. The SMILES string of the molecule is Cl.NCCc1nn2cc(-c3ccc(F)cc3)nc2s1. The fourth-order valence-electron chi connectivity index (χ4n) is 1.73. The molecule has 0 bridgehead atoms. The third-order valence-electron chi connectivity index (χ3n) is 2.58. The van der Waals surface area contributed by atoms with Crippen LogP contribution in [0.3, 0.4) is 0 Å². The number of halogens is 2. The molecule has 0 aliphatic heterocycles. The van der Waals surface area contributed by atoms with E-state index in [0.717, 1.165) is 27.6 Å². The number of aromatic nitrogens is 3. The summed E-state index contributed by atoms with van der Waals surface area (Å²) in [6.45, 7) is 0.585. The van der Waals surface area contributed by atoms with Gasteiger partial charge in [0.05, 0.1) is 11.9 Å². The number of rotatable bonds is 3. The highest BCUT2D eigenvalue weighted by molar-refractivity contribution is 7.16. The highest BCUT2D eigenvalue weighted by Gasteiger charge is 2.09. The van der Waals surface area contributed by atoms with E-state index in [-0.39, 0.29) is 18.2 Å². The minimum Gasteiger partial charge on any atom is -0.330 e. The van der Waals surface area contributed by atoms with Crippen LogP contribution in [0.1, 0.15) is 5.01 Å². The molecule has 0 unspecified atom stereocenters. The quantitative estimate of drug-likeness (QED) is 0.808. The molecule has 19 heavy (non-hydrogen) atoms. The van der Waals surface area contributed by atoms with Crippen molar-refractivity contribution in [3.05, 3.63) is 41.3 Å². The third kappa shape index (κ3) is 2.75. The molecule has 0 radical (unpaired) electrons. The Bertz CT molecular complexity index is 645. The van der Waals surface area contributed by atoms with Gasteiger partial charge in [0, 0.05) is 12.0 Å². The summed E-state index contributed by atoms with van der Waals surface area (Å²) in [6.07, 6.45) is 2.61. The molecule has 3 rings (SSSR count). The lowest BCUT2D eigenvalue weighted by molar-refractivity contribution is 0.628. The van der Waals surface area contributed by atoms with Gasteiger partial charge in [-0.25, -0.2) is 13.9 Å². The Hall–Kier alpha value is -1.50. The number of nitrogens with two attached hydrogens (primary N) is 1. The van der Waals surface area contributed by atoms with E-state index in [4.69, 9.17) is 5.73 Å². The highest BCUT2D eigenvalue weighted by Crippen LogP contribution is 2.22. The first-order valence-electron chi connectivity index (χ1n) is 5.57. The van der Waals surface area contributed by atoms with Gasteiger partial charge in [0.1, 0.15) is 10.8 Å². The maximum Gasteiger partial charge on any atom is 0.212 e. The lowest BCUT2D eigenvalue weighted by atomic mass is 10.2. The smallest absolute Gasteiger partial charge is 0.212 e. The zero-order valence-corrected chi connectivity index (χ0v) is 11.5. The molecule has 0 saturated carbocycles. The zero-order valence-electron chi connectivity index (χ0n) is 9.91. The topological polar surface area (TPSA) is 56.2 Å². The van der Waals surface area contributed by atoms with Crippen LogP contribution in [0.4, 0.5) is 4.39 Å². The first-order valence-corrected chi connectivity index (χ1v) is 6.39. The molecule has 0 aliphatic carbocycles. The van der Waals surface area contributed by atoms with Crippen LogP contribution in [-0.4, -0.2) is 21.1 Å². The van der Waals surface area contributed by atoms with Crippen LogP contribution in [0.2, 0.25) is 0 Å². The summed E-state index contributed by atoms with van der Waals surface area (Å²) in [5.41, 5.74) is 7.17. The van der Waals surface area contributed by atoms with Crippen LogP contribution < -0.4 is 5.73 Å². The molecule has 7 heteroatoms. The van der Waals surface area contributed by atoms with Gasteiger partial charge < -0.3 is 5.73 Å². The number of fused-ring (bicyclic) bond motifs is 1. The molecule has 3 aromatic rings. The van der Waals surface area contributed by atoms with E-state index >= 15 is 0 Å². The van der Waals surface area contributed by atoms with Crippen molar-refractivity contribution in [3.63, 3.8) is 0 Å². The van der Waals surface area contributed by atoms with Gasteiger partial charge in [-0.05, 0) is 30.8 Å². The van der Waals surface area contributed by atoms with Crippen molar-refractivity contribution in [3.8, 4) is 11.3 Å². The van der Waals surface area contributed by atoms with E-state index in [1.54, 1.807) is 16.6 Å². The van der Waals surface area contributed by atoms with Crippen molar-refractivity contribution in [2.24, 2.45) is 5.73 Å². The molecule has 0 saturated heterocycles. The fraction of sp³-hybridized carbons (Fsp3) is 0.167. The van der Waals surface area contributed by atoms with E-state index in [0.29, 0.717) is 6.54 Å². The summed E-state index contributed by atoms with van der Waals surface area (Å²) >= 11 is 1.53. The van der Waals surface area contributed by atoms with Crippen LogP contribution in [0.5, 0.6) is 0 Å². The van der Waals surface area contributed by atoms with Gasteiger partial charge in [-0.3, -0.25) is 0 Å². The van der Waals surface area contributed by atoms with Crippen LogP contribution in [0.15, 0.2) is 30.5 Å². The molecule has 100 valence electrons. The molecule has 2 aromatic heterocycles. The molecule has 4 nitrogen and oxygen atoms in total. The Morgan fingerprint density at radius 1 is 1.26 bits per heavy atom. The lowest BCUT2D eigenvalue weighted by Gasteiger charge is -1.94. The van der Waals surface area contributed by atoms with Gasteiger partial charge in [-0.1, -0.05) is 11.3 Å². The van der Waals surface area contributed by atoms with E-state index in [9.17, 15) is 4.39 Å². The van der Waals surface area contributed by atoms with Gasteiger partial charge in [-0.15, -0.1) is 12.4 Å². The number of nitrogens with zero attached hydrogens (tertiary/aromatic N) is 3. The average Bonchev–Trinajstić information content (AvgIpc) is 2.88. The minimum atomic E-state index is -0.247. The second-order valence-corrected chi connectivity index (χ2v) is 4.94. The number of hydrogen-bond donors (Lipinski definition) is 1. The number of hydrogen-bond acceptors (Lipinski definition) is 4. The Kier molecular flexibility index (Phi) is 4.14. The molecule has 0 spiro atoms. The normalized spacial score (nSPS) is 10.6. The predicted octanol–water partition coefficient (Wildman–Crippen LogP) is 2.52. The summed E-state index contributed by atoms with van der Waals surface area (Å²) in [4.78, 5) is 5.30. The summed E-state index contributed by atoms with van der Waals surface area (Å²) in [7, 11) is 0. The van der Waals surface area contributed by atoms with E-state index in [1.165, 1.54) is 23.5 Å². The summed E-state index contributed by atoms with van der Waals surface area (Å²) in [5, 5.41) is 5.36. The van der Waals surface area contributed by atoms with Gasteiger partial charge in [-0.2, -0.15) is 5.10 Å². The van der Waals surface area contributed by atoms with Crippen molar-refractivity contribution in [1.29, 1.82) is 0 Å². The van der Waals surface area contributed by atoms with Crippen molar-refractivity contribution >= 4 is 28.7 Å². The van der Waals surface area contributed by atoms with Crippen molar-refractivity contribution in [2.45, 2.75) is 6.42 Å². The van der Waals surface area contributed by atoms with Crippen LogP contribution >= 0.6 is 23.7 Å². The Morgan fingerprint density at radius 2 is 2.00 bits per heavy atom. The maximum absolute atomic E-state index is 12.8. The largest absolute Gasteiger partial charge is 0.330 e. The minimum absolute atomic E-state index is 0. The molecule has 0 atom stereocenters. The second kappa shape index (κ2) is 5.64. The zero-order chi connectivity index (χ0) is 12.5. The van der Waals surface area contributed by atoms with Gasteiger partial charge in [0.25, 0.3) is 0 Å². The second-order valence-electron chi connectivity index (χ2n) is 3.89. The first-order chi connectivity index (χ1) is 8.76. The standard InChI is InChI=1S/C12H11FN4S.ClH/c13-9-3-1-8(2-4-9)10-7-17-12(15-10)18-11(16-17)5-6-14;/h1-4,7H,5-6,14H2;1H. The van der Waals surface area contributed by atoms with E-state index in [2.05, 4.69) is 10.1 Å². The van der Waals surface area contributed by atoms with Crippen molar-refractivity contribution in [2.75, 3.05) is 6.54 Å². The van der Waals surface area contributed by atoms with Gasteiger partial charge in [0.2, 0.25) is 4.96 Å². The van der Waals surface area contributed by atoms with Crippen LogP contribution in [0, 0.1) is 5.82 Å². The number of imidazole rings is 1. The van der Waals surface area contributed by atoms with E-state index < -0.39 is 0 Å². The molecular formula is C12H12ClFN4S. The monoisotopic (exact) mass is 298 g/mol. The summed E-state index contributed by atoms with van der Waals surface area (Å²) < 4.78 is 14.6. The molecule has 0 fully saturated rings. The Morgan fingerprint density at radius 3 is 2.63 bits per heavy atom. The highest BCUT2D eigenvalue weighted by atomic mass is 35.5. The molecule has 1 aromatic carbocycles. The molecule has 2 heterocycles. The Balaban J connectivity index is 0.00000133. The average molecular weight is 299 g/mol. The first kappa shape index (κ1) is 13.9. The van der Waals surface area contributed by atoms with E-state index in [1.807, 2.05) is 6.20 Å².